The smallest absolute Gasteiger partial charge is 0.410 e. The van der Waals surface area contributed by atoms with Gasteiger partial charge in [-0.3, -0.25) is 4.79 Å². The van der Waals surface area contributed by atoms with Gasteiger partial charge in [0.15, 0.2) is 0 Å². The first-order valence-corrected chi connectivity index (χ1v) is 8.32. The predicted molar refractivity (Wildman–Crippen MR) is 91.3 cm³/mol. The third kappa shape index (κ3) is 7.68. The van der Waals surface area contributed by atoms with E-state index >= 15 is 0 Å². The molecule has 23 heavy (non-hydrogen) atoms. The van der Waals surface area contributed by atoms with Crippen molar-refractivity contribution in [1.82, 2.24) is 10.2 Å². The number of carbonyl (C=O) groups excluding carboxylic acids is 2. The maximum atomic E-state index is 12.4. The molecule has 0 fully saturated rings. The fourth-order valence-corrected chi connectivity index (χ4v) is 2.49. The molecule has 0 spiro atoms. The summed E-state index contributed by atoms with van der Waals surface area (Å²) < 4.78 is 11.0. The van der Waals surface area contributed by atoms with Crippen LogP contribution in [0.15, 0.2) is 0 Å². The van der Waals surface area contributed by atoms with Gasteiger partial charge in [0, 0.05) is 20.7 Å². The second-order valence-electron chi connectivity index (χ2n) is 6.90. The van der Waals surface area contributed by atoms with Crippen LogP contribution in [0.5, 0.6) is 0 Å². The summed E-state index contributed by atoms with van der Waals surface area (Å²) in [6, 6.07) is -0.234. The van der Waals surface area contributed by atoms with E-state index in [1.165, 1.54) is 0 Å². The third-order valence-electron chi connectivity index (χ3n) is 3.80. The monoisotopic (exact) mass is 330 g/mol. The van der Waals surface area contributed by atoms with Crippen molar-refractivity contribution in [3.8, 4) is 0 Å². The number of hydrogen-bond acceptors (Lipinski definition) is 4. The highest BCUT2D eigenvalue weighted by molar-refractivity contribution is 5.76. The number of amides is 2. The maximum Gasteiger partial charge on any atom is 0.410 e. The van der Waals surface area contributed by atoms with Crippen molar-refractivity contribution < 1.29 is 19.1 Å². The Hall–Kier alpha value is -1.30. The van der Waals surface area contributed by atoms with Crippen LogP contribution in [0.1, 0.15) is 54.4 Å². The zero-order valence-corrected chi connectivity index (χ0v) is 15.9. The van der Waals surface area contributed by atoms with Crippen molar-refractivity contribution in [2.75, 3.05) is 20.7 Å². The van der Waals surface area contributed by atoms with E-state index in [1.807, 2.05) is 27.7 Å². The van der Waals surface area contributed by atoms with Crippen molar-refractivity contribution >= 4 is 12.0 Å². The molecule has 0 saturated heterocycles. The first-order valence-electron chi connectivity index (χ1n) is 8.32. The average Bonchev–Trinajstić information content (AvgIpc) is 2.44. The Morgan fingerprint density at radius 2 is 1.78 bits per heavy atom. The second kappa shape index (κ2) is 9.75. The number of nitrogens with zero attached hydrogens (tertiary/aromatic N) is 1. The quantitative estimate of drug-likeness (QED) is 0.743. The maximum absolute atomic E-state index is 12.4. The highest BCUT2D eigenvalue weighted by atomic mass is 16.6. The first kappa shape index (κ1) is 21.7. The molecular weight excluding hydrogens is 296 g/mol. The van der Waals surface area contributed by atoms with Gasteiger partial charge in [-0.2, -0.15) is 0 Å². The highest BCUT2D eigenvalue weighted by Crippen LogP contribution is 2.23. The van der Waals surface area contributed by atoms with Crippen LogP contribution in [0.3, 0.4) is 0 Å². The molecule has 6 heteroatoms. The van der Waals surface area contributed by atoms with E-state index < -0.39 is 11.7 Å². The van der Waals surface area contributed by atoms with E-state index in [1.54, 1.807) is 19.1 Å². The van der Waals surface area contributed by atoms with Crippen LogP contribution in [0.2, 0.25) is 0 Å². The first-order chi connectivity index (χ1) is 10.6. The van der Waals surface area contributed by atoms with Gasteiger partial charge in [-0.15, -0.1) is 0 Å². The van der Waals surface area contributed by atoms with Gasteiger partial charge >= 0.3 is 6.09 Å². The standard InChI is InChI=1S/C17H34N2O4/c1-9-12(3)15(13(22-8)11-14(20)18-10-2)19(7)16(21)23-17(4,5)6/h12-13,15H,9-11H2,1-8H3,(H,18,20). The lowest BCUT2D eigenvalue weighted by molar-refractivity contribution is -0.125. The Labute approximate surface area is 140 Å². The molecular formula is C17H34N2O4. The summed E-state index contributed by atoms with van der Waals surface area (Å²) in [7, 11) is 3.27. The lowest BCUT2D eigenvalue weighted by atomic mass is 9.91. The number of nitrogens with one attached hydrogen (secondary N) is 1. The van der Waals surface area contributed by atoms with Gasteiger partial charge in [-0.05, 0) is 33.6 Å². The Bertz CT molecular complexity index is 379. The van der Waals surface area contributed by atoms with Gasteiger partial charge in [0.1, 0.15) is 5.60 Å². The van der Waals surface area contributed by atoms with Gasteiger partial charge in [-0.1, -0.05) is 20.3 Å². The van der Waals surface area contributed by atoms with E-state index in [4.69, 9.17) is 9.47 Å². The van der Waals surface area contributed by atoms with Gasteiger partial charge in [0.25, 0.3) is 0 Å². The molecule has 0 aliphatic rings. The number of likely N-dealkylation sites (N-methyl/N-ethyl adjacent to an activating group) is 1. The largest absolute Gasteiger partial charge is 0.444 e. The van der Waals surface area contributed by atoms with Crippen LogP contribution in [0, 0.1) is 5.92 Å². The summed E-state index contributed by atoms with van der Waals surface area (Å²) in [6.07, 6.45) is 0.300. The van der Waals surface area contributed by atoms with Gasteiger partial charge < -0.3 is 19.7 Å². The SMILES string of the molecule is CCNC(=O)CC(OC)C(C(C)CC)N(C)C(=O)OC(C)(C)C. The van der Waals surface area contributed by atoms with Gasteiger partial charge in [0.05, 0.1) is 18.6 Å². The lowest BCUT2D eigenvalue weighted by Gasteiger charge is -2.38. The molecule has 0 aliphatic carbocycles. The molecule has 6 nitrogen and oxygen atoms in total. The summed E-state index contributed by atoms with van der Waals surface area (Å²) in [5, 5.41) is 2.77. The van der Waals surface area contributed by atoms with E-state index in [9.17, 15) is 9.59 Å². The number of hydrogen-bond donors (Lipinski definition) is 1. The van der Waals surface area contributed by atoms with Crippen LogP contribution < -0.4 is 5.32 Å². The normalized spacial score (nSPS) is 15.5. The Balaban J connectivity index is 5.23. The summed E-state index contributed by atoms with van der Waals surface area (Å²) in [6.45, 7) is 12.1. The molecule has 1 N–H and O–H groups in total. The molecule has 136 valence electrons. The van der Waals surface area contributed by atoms with Crippen LogP contribution in [-0.4, -0.2) is 55.3 Å². The summed E-state index contributed by atoms with van der Waals surface area (Å²) in [5.74, 6) is 0.0946. The molecule has 0 radical (unpaired) electrons. The van der Waals surface area contributed by atoms with E-state index in [0.29, 0.717) is 6.54 Å². The van der Waals surface area contributed by atoms with E-state index in [-0.39, 0.29) is 30.4 Å². The highest BCUT2D eigenvalue weighted by Gasteiger charge is 2.35. The fourth-order valence-electron chi connectivity index (χ4n) is 2.49. The molecule has 0 aromatic rings. The van der Waals surface area contributed by atoms with Crippen molar-refractivity contribution in [3.63, 3.8) is 0 Å². The third-order valence-corrected chi connectivity index (χ3v) is 3.80. The van der Waals surface area contributed by atoms with Crippen molar-refractivity contribution in [2.45, 2.75) is 72.1 Å². The zero-order chi connectivity index (χ0) is 18.2. The zero-order valence-electron chi connectivity index (χ0n) is 15.9. The molecule has 0 aromatic heterocycles. The molecule has 0 rings (SSSR count). The molecule has 0 aliphatic heterocycles. The molecule has 2 amide bonds. The van der Waals surface area contributed by atoms with Crippen molar-refractivity contribution in [1.29, 1.82) is 0 Å². The van der Waals surface area contributed by atoms with Crippen molar-refractivity contribution in [2.24, 2.45) is 5.92 Å². The second-order valence-corrected chi connectivity index (χ2v) is 6.90. The van der Waals surface area contributed by atoms with Crippen molar-refractivity contribution in [3.05, 3.63) is 0 Å². The van der Waals surface area contributed by atoms with E-state index in [0.717, 1.165) is 6.42 Å². The predicted octanol–water partition coefficient (Wildman–Crippen LogP) is 2.81. The molecule has 3 unspecified atom stereocenters. The van der Waals surface area contributed by atoms with Gasteiger partial charge in [0.2, 0.25) is 5.91 Å². The molecule has 0 heterocycles. The molecule has 3 atom stereocenters. The Kier molecular flexibility index (Phi) is 9.20. The Morgan fingerprint density at radius 1 is 1.22 bits per heavy atom. The minimum Gasteiger partial charge on any atom is -0.444 e. The van der Waals surface area contributed by atoms with Crippen LogP contribution >= 0.6 is 0 Å². The van der Waals surface area contributed by atoms with Crippen LogP contribution in [0.4, 0.5) is 4.79 Å². The molecule has 0 bridgehead atoms. The summed E-state index contributed by atoms with van der Waals surface area (Å²) in [4.78, 5) is 25.9. The summed E-state index contributed by atoms with van der Waals surface area (Å²) in [5.41, 5.74) is -0.562. The fraction of sp³-hybridized carbons (Fsp3) is 0.882. The van der Waals surface area contributed by atoms with Crippen LogP contribution in [-0.2, 0) is 14.3 Å². The van der Waals surface area contributed by atoms with Gasteiger partial charge in [-0.25, -0.2) is 4.79 Å². The average molecular weight is 330 g/mol. The summed E-state index contributed by atoms with van der Waals surface area (Å²) >= 11 is 0. The number of carbonyl (C=O) groups is 2. The van der Waals surface area contributed by atoms with Crippen LogP contribution in [0.25, 0.3) is 0 Å². The Morgan fingerprint density at radius 3 is 2.17 bits per heavy atom. The number of ether oxygens (including phenoxy) is 2. The van der Waals surface area contributed by atoms with E-state index in [2.05, 4.69) is 19.2 Å². The minimum absolute atomic E-state index is 0.0785. The number of rotatable bonds is 8. The lowest BCUT2D eigenvalue weighted by Crippen LogP contribution is -2.51. The topological polar surface area (TPSA) is 67.9 Å². The molecule has 0 saturated carbocycles. The number of methoxy groups -OCH3 is 1. The molecule has 0 aromatic carbocycles. The minimum atomic E-state index is -0.562.